The summed E-state index contributed by atoms with van der Waals surface area (Å²) < 4.78 is 25.4. The van der Waals surface area contributed by atoms with Gasteiger partial charge in [-0.1, -0.05) is 11.6 Å². The number of benzene rings is 2. The number of likely N-dealkylation sites (tertiary alicyclic amines) is 1. The zero-order valence-electron chi connectivity index (χ0n) is 17.3. The molecule has 0 saturated carbocycles. The predicted molar refractivity (Wildman–Crippen MR) is 120 cm³/mol. The van der Waals surface area contributed by atoms with Gasteiger partial charge in [-0.2, -0.15) is 0 Å². The van der Waals surface area contributed by atoms with Gasteiger partial charge in [0.25, 0.3) is 0 Å². The van der Waals surface area contributed by atoms with Crippen LogP contribution in [0.5, 0.6) is 11.5 Å². The number of hydrogen-bond donors (Lipinski definition) is 2. The van der Waals surface area contributed by atoms with Crippen molar-refractivity contribution in [3.8, 4) is 11.5 Å². The molecule has 1 fully saturated rings. The average Bonchev–Trinajstić information content (AvgIpc) is 2.78. The Hall–Kier alpha value is -2.68. The smallest absolute Gasteiger partial charge is 0.162 e. The first kappa shape index (κ1) is 21.5. The maximum Gasteiger partial charge on any atom is 0.162 e. The van der Waals surface area contributed by atoms with Crippen LogP contribution in [0.4, 0.5) is 15.9 Å². The molecule has 31 heavy (non-hydrogen) atoms. The van der Waals surface area contributed by atoms with E-state index in [4.69, 9.17) is 26.8 Å². The topological polar surface area (TPSA) is 85.5 Å². The number of rotatable bonds is 7. The summed E-state index contributed by atoms with van der Waals surface area (Å²) in [6.45, 7) is 3.49. The predicted octanol–water partition coefficient (Wildman–Crippen LogP) is 3.98. The van der Waals surface area contributed by atoms with E-state index in [2.05, 4.69) is 20.2 Å². The molecule has 164 valence electrons. The maximum atomic E-state index is 13.5. The fourth-order valence-corrected chi connectivity index (χ4v) is 3.92. The van der Waals surface area contributed by atoms with Crippen LogP contribution in [-0.2, 0) is 0 Å². The number of fused-ring (bicyclic) bond motifs is 1. The van der Waals surface area contributed by atoms with Crippen LogP contribution < -0.4 is 20.5 Å². The molecule has 3 N–H and O–H groups in total. The monoisotopic (exact) mass is 445 g/mol. The third-order valence-electron chi connectivity index (χ3n) is 5.38. The minimum absolute atomic E-state index is 0.0371. The van der Waals surface area contributed by atoms with E-state index in [0.717, 1.165) is 37.9 Å². The van der Waals surface area contributed by atoms with E-state index >= 15 is 0 Å². The fraction of sp³-hybridized carbons (Fsp3) is 0.364. The molecule has 1 aromatic heterocycles. The Balaban J connectivity index is 1.60. The molecule has 1 aliphatic rings. The van der Waals surface area contributed by atoms with Gasteiger partial charge in [-0.15, -0.1) is 0 Å². The van der Waals surface area contributed by atoms with Gasteiger partial charge in [0, 0.05) is 43.3 Å². The lowest BCUT2D eigenvalue weighted by Gasteiger charge is -2.32. The molecule has 4 rings (SSSR count). The van der Waals surface area contributed by atoms with Crippen LogP contribution in [0.1, 0.15) is 12.8 Å². The Labute approximate surface area is 185 Å². The largest absolute Gasteiger partial charge is 0.493 e. The van der Waals surface area contributed by atoms with Crippen molar-refractivity contribution in [2.45, 2.75) is 18.9 Å². The minimum Gasteiger partial charge on any atom is -0.493 e. The molecule has 0 radical (unpaired) electrons. The van der Waals surface area contributed by atoms with Crippen LogP contribution in [0.25, 0.3) is 10.9 Å². The fourth-order valence-electron chi connectivity index (χ4n) is 3.74. The molecule has 0 aliphatic carbocycles. The Morgan fingerprint density at radius 1 is 1.19 bits per heavy atom. The lowest BCUT2D eigenvalue weighted by molar-refractivity contribution is 0.0998. The Morgan fingerprint density at radius 2 is 2.00 bits per heavy atom. The third kappa shape index (κ3) is 4.98. The summed E-state index contributed by atoms with van der Waals surface area (Å²) in [5, 5.41) is 3.99. The van der Waals surface area contributed by atoms with Gasteiger partial charge in [0.2, 0.25) is 0 Å². The Kier molecular flexibility index (Phi) is 6.70. The number of methoxy groups -OCH3 is 1. The van der Waals surface area contributed by atoms with Crippen molar-refractivity contribution in [2.24, 2.45) is 5.73 Å². The summed E-state index contributed by atoms with van der Waals surface area (Å²) in [4.78, 5) is 11.1. The zero-order chi connectivity index (χ0) is 21.8. The standard InChI is InChI=1S/C22H25ClFN5O2/c1-30-20-12-19-16(11-21(20)31-15-4-7-29(8-5-15)9-6-25)22(27-13-26-19)28-14-2-3-18(24)17(23)10-14/h2-3,10-13,15H,4-9,25H2,1H3,(H,26,27,28). The second kappa shape index (κ2) is 9.64. The minimum atomic E-state index is -0.474. The second-order valence-corrected chi connectivity index (χ2v) is 7.85. The van der Waals surface area contributed by atoms with Crippen LogP contribution in [0.3, 0.4) is 0 Å². The van der Waals surface area contributed by atoms with E-state index < -0.39 is 5.82 Å². The van der Waals surface area contributed by atoms with Crippen molar-refractivity contribution in [1.82, 2.24) is 14.9 Å². The van der Waals surface area contributed by atoms with E-state index in [9.17, 15) is 4.39 Å². The van der Waals surface area contributed by atoms with Gasteiger partial charge in [-0.3, -0.25) is 0 Å². The van der Waals surface area contributed by atoms with Gasteiger partial charge >= 0.3 is 0 Å². The number of halogens is 2. The van der Waals surface area contributed by atoms with Crippen LogP contribution >= 0.6 is 11.6 Å². The van der Waals surface area contributed by atoms with Gasteiger partial charge < -0.3 is 25.4 Å². The molecule has 0 unspecified atom stereocenters. The first-order valence-electron chi connectivity index (χ1n) is 10.2. The van der Waals surface area contributed by atoms with Gasteiger partial charge in [0.1, 0.15) is 24.1 Å². The summed E-state index contributed by atoms with van der Waals surface area (Å²) in [6.07, 6.45) is 3.40. The van der Waals surface area contributed by atoms with E-state index in [1.807, 2.05) is 12.1 Å². The number of aromatic nitrogens is 2. The molecule has 1 saturated heterocycles. The van der Waals surface area contributed by atoms with E-state index in [1.54, 1.807) is 13.2 Å². The molecule has 2 heterocycles. The van der Waals surface area contributed by atoms with Crippen molar-refractivity contribution in [2.75, 3.05) is 38.6 Å². The van der Waals surface area contributed by atoms with E-state index in [0.29, 0.717) is 35.1 Å². The van der Waals surface area contributed by atoms with Crippen molar-refractivity contribution in [1.29, 1.82) is 0 Å². The highest BCUT2D eigenvalue weighted by Crippen LogP contribution is 2.36. The highest BCUT2D eigenvalue weighted by Gasteiger charge is 2.22. The summed E-state index contributed by atoms with van der Waals surface area (Å²) in [5.74, 6) is 1.35. The van der Waals surface area contributed by atoms with Crippen LogP contribution in [0.2, 0.25) is 5.02 Å². The summed E-state index contributed by atoms with van der Waals surface area (Å²) >= 11 is 5.91. The number of piperidine rings is 1. The molecule has 0 spiro atoms. The molecular formula is C22H25ClFN5O2. The first-order chi connectivity index (χ1) is 15.1. The molecule has 0 bridgehead atoms. The van der Waals surface area contributed by atoms with Crippen LogP contribution in [0, 0.1) is 5.82 Å². The Morgan fingerprint density at radius 3 is 2.71 bits per heavy atom. The maximum absolute atomic E-state index is 13.5. The molecule has 0 atom stereocenters. The zero-order valence-corrected chi connectivity index (χ0v) is 18.0. The summed E-state index contributed by atoms with van der Waals surface area (Å²) in [6, 6.07) is 8.14. The number of nitrogens with zero attached hydrogens (tertiary/aromatic N) is 3. The lowest BCUT2D eigenvalue weighted by atomic mass is 10.1. The van der Waals surface area contributed by atoms with E-state index in [-0.39, 0.29) is 11.1 Å². The molecule has 1 aliphatic heterocycles. The molecule has 2 aromatic carbocycles. The highest BCUT2D eigenvalue weighted by molar-refractivity contribution is 6.31. The number of anilines is 2. The Bertz CT molecular complexity index is 1060. The normalized spacial score (nSPS) is 15.2. The molecule has 0 amide bonds. The molecule has 3 aromatic rings. The van der Waals surface area contributed by atoms with Crippen molar-refractivity contribution in [3.05, 3.63) is 47.5 Å². The SMILES string of the molecule is COc1cc2ncnc(Nc3ccc(F)c(Cl)c3)c2cc1OC1CCN(CCN)CC1. The third-order valence-corrected chi connectivity index (χ3v) is 5.67. The number of hydrogen-bond acceptors (Lipinski definition) is 7. The van der Waals surface area contributed by atoms with Crippen LogP contribution in [-0.4, -0.2) is 54.3 Å². The van der Waals surface area contributed by atoms with Gasteiger partial charge in [-0.25, -0.2) is 14.4 Å². The molecular weight excluding hydrogens is 421 g/mol. The van der Waals surface area contributed by atoms with Crippen molar-refractivity contribution < 1.29 is 13.9 Å². The number of ether oxygens (including phenoxy) is 2. The van der Waals surface area contributed by atoms with Gasteiger partial charge in [0.15, 0.2) is 11.5 Å². The number of nitrogens with two attached hydrogens (primary N) is 1. The first-order valence-corrected chi connectivity index (χ1v) is 10.6. The van der Waals surface area contributed by atoms with Crippen molar-refractivity contribution in [3.63, 3.8) is 0 Å². The number of nitrogens with one attached hydrogen (secondary N) is 1. The highest BCUT2D eigenvalue weighted by atomic mass is 35.5. The van der Waals surface area contributed by atoms with Gasteiger partial charge in [-0.05, 0) is 37.1 Å². The molecule has 9 heteroatoms. The summed E-state index contributed by atoms with van der Waals surface area (Å²) in [5.41, 5.74) is 6.98. The second-order valence-electron chi connectivity index (χ2n) is 7.44. The van der Waals surface area contributed by atoms with Gasteiger partial charge in [0.05, 0.1) is 17.6 Å². The van der Waals surface area contributed by atoms with E-state index in [1.165, 1.54) is 18.5 Å². The van der Waals surface area contributed by atoms with Crippen LogP contribution in [0.15, 0.2) is 36.7 Å². The molecule has 7 nitrogen and oxygen atoms in total. The average molecular weight is 446 g/mol. The quantitative estimate of drug-likeness (QED) is 0.569. The van der Waals surface area contributed by atoms with Crippen molar-refractivity contribution >= 4 is 34.0 Å². The summed E-state index contributed by atoms with van der Waals surface area (Å²) in [7, 11) is 1.61. The lowest BCUT2D eigenvalue weighted by Crippen LogP contribution is -2.40.